The lowest BCUT2D eigenvalue weighted by Crippen LogP contribution is -2.48. The maximum Gasteiger partial charge on any atom is 0.257 e. The van der Waals surface area contributed by atoms with Gasteiger partial charge in [0.05, 0.1) is 12.7 Å². The van der Waals surface area contributed by atoms with Crippen molar-refractivity contribution in [2.75, 3.05) is 33.3 Å². The number of carbonyl (C=O) groups excluding carboxylic acids is 2. The number of hydrogen-bond donors (Lipinski definition) is 0. The van der Waals surface area contributed by atoms with Gasteiger partial charge in [0.1, 0.15) is 5.75 Å². The van der Waals surface area contributed by atoms with Gasteiger partial charge in [0.2, 0.25) is 6.41 Å². The normalized spacial score (nSPS) is 15.3. The van der Waals surface area contributed by atoms with Crippen LogP contribution in [0.1, 0.15) is 15.9 Å². The van der Waals surface area contributed by atoms with E-state index in [2.05, 4.69) is 0 Å². The van der Waals surface area contributed by atoms with E-state index in [1.54, 1.807) is 16.9 Å². The molecule has 0 unspecified atom stereocenters. The van der Waals surface area contributed by atoms with E-state index in [0.717, 1.165) is 12.0 Å². The highest BCUT2D eigenvalue weighted by atomic mass is 16.5. The summed E-state index contributed by atoms with van der Waals surface area (Å²) in [5.41, 5.74) is 1.61. The number of hydrogen-bond acceptors (Lipinski definition) is 3. The molecule has 5 heteroatoms. The van der Waals surface area contributed by atoms with E-state index in [1.165, 1.54) is 0 Å². The van der Waals surface area contributed by atoms with Crippen molar-refractivity contribution in [3.8, 4) is 5.75 Å². The van der Waals surface area contributed by atoms with E-state index < -0.39 is 0 Å². The number of ether oxygens (including phenoxy) is 1. The summed E-state index contributed by atoms with van der Waals surface area (Å²) in [6.07, 6.45) is 0.828. The zero-order valence-corrected chi connectivity index (χ0v) is 11.3. The van der Waals surface area contributed by atoms with Crippen LogP contribution >= 0.6 is 0 Å². The standard InChI is InChI=1S/C14H18N2O3/c1-11-3-4-13(19-2)12(9-11)14(18)16-7-5-15(10-17)6-8-16/h3-4,9-10H,5-8H2,1-2H3. The van der Waals surface area contributed by atoms with Crippen molar-refractivity contribution in [2.45, 2.75) is 6.92 Å². The maximum atomic E-state index is 12.5. The first-order valence-electron chi connectivity index (χ1n) is 6.29. The van der Waals surface area contributed by atoms with Crippen molar-refractivity contribution in [3.05, 3.63) is 29.3 Å². The number of rotatable bonds is 3. The molecule has 1 saturated heterocycles. The van der Waals surface area contributed by atoms with Gasteiger partial charge >= 0.3 is 0 Å². The third kappa shape index (κ3) is 2.86. The Bertz CT molecular complexity index is 480. The van der Waals surface area contributed by atoms with Crippen molar-refractivity contribution in [1.29, 1.82) is 0 Å². The van der Waals surface area contributed by atoms with E-state index in [9.17, 15) is 9.59 Å². The van der Waals surface area contributed by atoms with Crippen LogP contribution in [-0.2, 0) is 4.79 Å². The third-order valence-corrected chi connectivity index (χ3v) is 3.34. The van der Waals surface area contributed by atoms with Gasteiger partial charge in [-0.15, -0.1) is 0 Å². The molecule has 19 heavy (non-hydrogen) atoms. The monoisotopic (exact) mass is 262 g/mol. The van der Waals surface area contributed by atoms with Crippen LogP contribution in [0.5, 0.6) is 5.75 Å². The molecule has 0 spiro atoms. The number of aryl methyl sites for hydroxylation is 1. The van der Waals surface area contributed by atoms with Crippen LogP contribution in [-0.4, -0.2) is 55.4 Å². The summed E-state index contributed by atoms with van der Waals surface area (Å²) in [5, 5.41) is 0. The van der Waals surface area contributed by atoms with Crippen LogP contribution in [0.25, 0.3) is 0 Å². The Kier molecular flexibility index (Phi) is 4.04. The number of nitrogens with zero attached hydrogens (tertiary/aromatic N) is 2. The lowest BCUT2D eigenvalue weighted by molar-refractivity contribution is -0.119. The molecular formula is C14H18N2O3. The zero-order valence-electron chi connectivity index (χ0n) is 11.3. The van der Waals surface area contributed by atoms with Crippen LogP contribution in [0.15, 0.2) is 18.2 Å². The predicted octanol–water partition coefficient (Wildman–Crippen LogP) is 0.918. The van der Waals surface area contributed by atoms with Crippen LogP contribution in [0.4, 0.5) is 0 Å². The Labute approximate surface area is 112 Å². The SMILES string of the molecule is COc1ccc(C)cc1C(=O)N1CCN(C=O)CC1. The Balaban J connectivity index is 2.16. The fraction of sp³-hybridized carbons (Fsp3) is 0.429. The van der Waals surface area contributed by atoms with E-state index in [4.69, 9.17) is 4.74 Å². The minimum absolute atomic E-state index is 0.0360. The van der Waals surface area contributed by atoms with Crippen molar-refractivity contribution in [2.24, 2.45) is 0 Å². The Hall–Kier alpha value is -2.04. The average molecular weight is 262 g/mol. The average Bonchev–Trinajstić information content (AvgIpc) is 2.46. The molecule has 0 atom stereocenters. The second-order valence-electron chi connectivity index (χ2n) is 4.64. The van der Waals surface area contributed by atoms with E-state index in [1.807, 2.05) is 25.1 Å². The molecule has 0 saturated carbocycles. The Morgan fingerprint density at radius 2 is 1.95 bits per heavy atom. The molecule has 1 fully saturated rings. The molecule has 2 amide bonds. The molecule has 1 aromatic carbocycles. The third-order valence-electron chi connectivity index (χ3n) is 3.34. The van der Waals surface area contributed by atoms with Gasteiger partial charge in [-0.2, -0.15) is 0 Å². The fourth-order valence-corrected chi connectivity index (χ4v) is 2.19. The number of benzene rings is 1. The molecule has 1 aliphatic rings. The molecule has 0 N–H and O–H groups in total. The highest BCUT2D eigenvalue weighted by Crippen LogP contribution is 2.21. The molecular weight excluding hydrogens is 244 g/mol. The Morgan fingerprint density at radius 3 is 2.53 bits per heavy atom. The maximum absolute atomic E-state index is 12.5. The van der Waals surface area contributed by atoms with Gasteiger partial charge in [0.15, 0.2) is 0 Å². The minimum Gasteiger partial charge on any atom is -0.496 e. The number of carbonyl (C=O) groups is 2. The highest BCUT2D eigenvalue weighted by molar-refractivity contribution is 5.97. The molecule has 1 aliphatic heterocycles. The summed E-state index contributed by atoms with van der Waals surface area (Å²) in [6, 6.07) is 5.57. The van der Waals surface area contributed by atoms with Gasteiger partial charge in [0.25, 0.3) is 5.91 Å². The topological polar surface area (TPSA) is 49.9 Å². The van der Waals surface area contributed by atoms with Gasteiger partial charge < -0.3 is 14.5 Å². The minimum atomic E-state index is -0.0360. The first-order valence-corrected chi connectivity index (χ1v) is 6.29. The second kappa shape index (κ2) is 5.73. The van der Waals surface area contributed by atoms with Crippen molar-refractivity contribution < 1.29 is 14.3 Å². The lowest BCUT2D eigenvalue weighted by atomic mass is 10.1. The lowest BCUT2D eigenvalue weighted by Gasteiger charge is -2.32. The molecule has 0 bridgehead atoms. The molecule has 0 aliphatic carbocycles. The fourth-order valence-electron chi connectivity index (χ4n) is 2.19. The van der Waals surface area contributed by atoms with Gasteiger partial charge in [-0.1, -0.05) is 11.6 Å². The highest BCUT2D eigenvalue weighted by Gasteiger charge is 2.23. The van der Waals surface area contributed by atoms with Crippen LogP contribution < -0.4 is 4.74 Å². The first-order chi connectivity index (χ1) is 9.15. The number of piperazine rings is 1. The summed E-state index contributed by atoms with van der Waals surface area (Å²) in [4.78, 5) is 26.6. The van der Waals surface area contributed by atoms with E-state index in [-0.39, 0.29) is 5.91 Å². The first kappa shape index (κ1) is 13.4. The summed E-state index contributed by atoms with van der Waals surface area (Å²) in [7, 11) is 1.56. The smallest absolute Gasteiger partial charge is 0.257 e. The molecule has 102 valence electrons. The molecule has 1 heterocycles. The van der Waals surface area contributed by atoms with Gasteiger partial charge in [0, 0.05) is 26.2 Å². The van der Waals surface area contributed by atoms with Crippen molar-refractivity contribution in [1.82, 2.24) is 9.80 Å². The molecule has 0 radical (unpaired) electrons. The van der Waals surface area contributed by atoms with Gasteiger partial charge in [-0.05, 0) is 19.1 Å². The largest absolute Gasteiger partial charge is 0.496 e. The zero-order chi connectivity index (χ0) is 13.8. The molecule has 1 aromatic rings. The van der Waals surface area contributed by atoms with E-state index in [0.29, 0.717) is 37.5 Å². The van der Waals surface area contributed by atoms with Crippen molar-refractivity contribution in [3.63, 3.8) is 0 Å². The Morgan fingerprint density at radius 1 is 1.26 bits per heavy atom. The number of amides is 2. The summed E-state index contributed by atoms with van der Waals surface area (Å²) < 4.78 is 5.24. The van der Waals surface area contributed by atoms with Crippen LogP contribution in [0.3, 0.4) is 0 Å². The summed E-state index contributed by atoms with van der Waals surface area (Å²) in [5.74, 6) is 0.555. The second-order valence-corrected chi connectivity index (χ2v) is 4.64. The van der Waals surface area contributed by atoms with Crippen molar-refractivity contribution >= 4 is 12.3 Å². The van der Waals surface area contributed by atoms with E-state index >= 15 is 0 Å². The quantitative estimate of drug-likeness (QED) is 0.761. The molecule has 0 aromatic heterocycles. The molecule has 2 rings (SSSR count). The van der Waals surface area contributed by atoms with Crippen LogP contribution in [0, 0.1) is 6.92 Å². The van der Waals surface area contributed by atoms with Gasteiger partial charge in [-0.25, -0.2) is 0 Å². The van der Waals surface area contributed by atoms with Crippen LogP contribution in [0.2, 0.25) is 0 Å². The summed E-state index contributed by atoms with van der Waals surface area (Å²) >= 11 is 0. The van der Waals surface area contributed by atoms with Gasteiger partial charge in [-0.3, -0.25) is 9.59 Å². The molecule has 5 nitrogen and oxygen atoms in total. The number of methoxy groups -OCH3 is 1. The predicted molar refractivity (Wildman–Crippen MR) is 71.3 cm³/mol. The summed E-state index contributed by atoms with van der Waals surface area (Å²) in [6.45, 7) is 4.25.